The Hall–Kier alpha value is -2.08. The van der Waals surface area contributed by atoms with Crippen LogP contribution in [0.25, 0.3) is 11.0 Å². The molecule has 0 N–H and O–H groups in total. The number of aromatic nitrogens is 2. The Kier molecular flexibility index (Phi) is 7.56. The van der Waals surface area contributed by atoms with Crippen molar-refractivity contribution >= 4 is 32.8 Å². The van der Waals surface area contributed by atoms with Crippen molar-refractivity contribution in [3.8, 4) is 0 Å². The number of imidazole rings is 1. The van der Waals surface area contributed by atoms with Crippen LogP contribution in [-0.4, -0.2) is 48.1 Å². The quantitative estimate of drug-likeness (QED) is 0.299. The molecular weight excluding hydrogens is 487 g/mol. The summed E-state index contributed by atoms with van der Waals surface area (Å²) in [6.45, 7) is 5.40. The molecule has 2 heterocycles. The molecule has 0 saturated carbocycles. The first kappa shape index (κ1) is 25.0. The van der Waals surface area contributed by atoms with Crippen molar-refractivity contribution in [1.29, 1.82) is 0 Å². The predicted octanol–water partition coefficient (Wildman–Crippen LogP) is 4.96. The summed E-state index contributed by atoms with van der Waals surface area (Å²) in [5.41, 5.74) is 1.07. The Labute approximate surface area is 201 Å². The molecule has 34 heavy (non-hydrogen) atoms. The van der Waals surface area contributed by atoms with Gasteiger partial charge in [-0.3, -0.25) is 0 Å². The van der Waals surface area contributed by atoms with Crippen LogP contribution in [0.5, 0.6) is 0 Å². The Balaban J connectivity index is 1.72. The summed E-state index contributed by atoms with van der Waals surface area (Å²) in [7, 11) is -3.67. The topological polar surface area (TPSA) is 64.4 Å². The van der Waals surface area contributed by atoms with Gasteiger partial charge in [-0.1, -0.05) is 25.6 Å². The van der Waals surface area contributed by atoms with Crippen molar-refractivity contribution in [1.82, 2.24) is 13.9 Å². The maximum atomic E-state index is 14.2. The molecule has 1 aliphatic heterocycles. The summed E-state index contributed by atoms with van der Waals surface area (Å²) in [6, 6.07) is 6.27. The Morgan fingerprint density at radius 3 is 2.62 bits per heavy atom. The molecule has 1 saturated heterocycles. The fourth-order valence-electron chi connectivity index (χ4n) is 4.10. The zero-order chi connectivity index (χ0) is 24.5. The summed E-state index contributed by atoms with van der Waals surface area (Å²) >= 11 is 1.13. The molecule has 1 aromatic heterocycles. The van der Waals surface area contributed by atoms with Gasteiger partial charge in [-0.15, -0.1) is 0 Å². The number of sulfonamides is 1. The first-order valence-corrected chi connectivity index (χ1v) is 13.5. The van der Waals surface area contributed by atoms with E-state index in [1.165, 1.54) is 10.4 Å². The van der Waals surface area contributed by atoms with E-state index in [0.717, 1.165) is 30.7 Å². The largest absolute Gasteiger partial charge is 0.376 e. The van der Waals surface area contributed by atoms with E-state index in [1.807, 2.05) is 4.57 Å². The van der Waals surface area contributed by atoms with Crippen LogP contribution in [-0.2, 0) is 27.1 Å². The second-order valence-electron chi connectivity index (χ2n) is 8.03. The number of benzene rings is 2. The predicted molar refractivity (Wildman–Crippen MR) is 125 cm³/mol. The zero-order valence-corrected chi connectivity index (χ0v) is 20.6. The summed E-state index contributed by atoms with van der Waals surface area (Å²) < 4.78 is 76.4. The van der Waals surface area contributed by atoms with Crippen molar-refractivity contribution in [2.75, 3.05) is 19.7 Å². The zero-order valence-electron chi connectivity index (χ0n) is 18.9. The SMILES string of the molecule is CCN(CC)S(=O)(=O)c1ccc2c(c1)nc(SCc1cc(F)cc(F)c1F)n2C[C@H]1CCCO1. The minimum atomic E-state index is -3.67. The highest BCUT2D eigenvalue weighted by atomic mass is 32.2. The van der Waals surface area contributed by atoms with Gasteiger partial charge < -0.3 is 9.30 Å². The maximum Gasteiger partial charge on any atom is 0.243 e. The van der Waals surface area contributed by atoms with Crippen LogP contribution >= 0.6 is 11.8 Å². The summed E-state index contributed by atoms with van der Waals surface area (Å²) in [4.78, 5) is 4.75. The average molecular weight is 514 g/mol. The molecule has 184 valence electrons. The lowest BCUT2D eigenvalue weighted by molar-refractivity contribution is 0.0960. The van der Waals surface area contributed by atoms with E-state index in [2.05, 4.69) is 4.98 Å². The number of fused-ring (bicyclic) bond motifs is 1. The highest BCUT2D eigenvalue weighted by Gasteiger charge is 2.25. The van der Waals surface area contributed by atoms with E-state index in [-0.39, 0.29) is 22.3 Å². The number of hydrogen-bond acceptors (Lipinski definition) is 5. The van der Waals surface area contributed by atoms with Crippen LogP contribution in [0.3, 0.4) is 0 Å². The number of ether oxygens (including phenoxy) is 1. The second kappa shape index (κ2) is 10.3. The van der Waals surface area contributed by atoms with Gasteiger partial charge in [-0.2, -0.15) is 4.31 Å². The van der Waals surface area contributed by atoms with Gasteiger partial charge in [0.1, 0.15) is 5.82 Å². The lowest BCUT2D eigenvalue weighted by Gasteiger charge is -2.18. The van der Waals surface area contributed by atoms with Crippen molar-refractivity contribution in [2.24, 2.45) is 0 Å². The standard InChI is InChI=1S/C23H26F3N3O3S2/c1-3-28(4-2)34(30,31)18-7-8-21-20(12-18)27-23(29(21)13-17-6-5-9-32-17)33-14-15-10-16(24)11-19(25)22(15)26/h7-8,10-12,17H,3-6,9,13-14H2,1-2H3/t17-/m1/s1. The van der Waals surface area contributed by atoms with Crippen molar-refractivity contribution < 1.29 is 26.3 Å². The van der Waals surface area contributed by atoms with E-state index in [0.29, 0.717) is 48.5 Å². The van der Waals surface area contributed by atoms with Gasteiger partial charge in [0.15, 0.2) is 16.8 Å². The van der Waals surface area contributed by atoms with Gasteiger partial charge in [-0.05, 0) is 37.1 Å². The number of halogens is 3. The molecule has 0 spiro atoms. The molecule has 11 heteroatoms. The fraction of sp³-hybridized carbons (Fsp3) is 0.435. The van der Waals surface area contributed by atoms with Crippen molar-refractivity contribution in [3.63, 3.8) is 0 Å². The number of rotatable bonds is 9. The second-order valence-corrected chi connectivity index (χ2v) is 10.9. The van der Waals surface area contributed by atoms with Crippen LogP contribution < -0.4 is 0 Å². The molecule has 2 aromatic carbocycles. The lowest BCUT2D eigenvalue weighted by Crippen LogP contribution is -2.30. The minimum absolute atomic E-state index is 0.0285. The average Bonchev–Trinajstić information content (AvgIpc) is 3.44. The number of nitrogens with zero attached hydrogens (tertiary/aromatic N) is 3. The van der Waals surface area contributed by atoms with E-state index in [9.17, 15) is 21.6 Å². The molecular formula is C23H26F3N3O3S2. The number of thioether (sulfide) groups is 1. The molecule has 0 bridgehead atoms. The van der Waals surface area contributed by atoms with Crippen LogP contribution in [0.15, 0.2) is 40.4 Å². The van der Waals surface area contributed by atoms with Crippen LogP contribution in [0.4, 0.5) is 13.2 Å². The van der Waals surface area contributed by atoms with Crippen LogP contribution in [0.2, 0.25) is 0 Å². The lowest BCUT2D eigenvalue weighted by atomic mass is 10.2. The van der Waals surface area contributed by atoms with Gasteiger partial charge in [0.05, 0.1) is 28.6 Å². The van der Waals surface area contributed by atoms with Crippen LogP contribution in [0, 0.1) is 17.5 Å². The van der Waals surface area contributed by atoms with Crippen LogP contribution in [0.1, 0.15) is 32.3 Å². The highest BCUT2D eigenvalue weighted by molar-refractivity contribution is 7.98. The van der Waals surface area contributed by atoms with Crippen molar-refractivity contribution in [3.05, 3.63) is 53.3 Å². The molecule has 6 nitrogen and oxygen atoms in total. The smallest absolute Gasteiger partial charge is 0.243 e. The van der Waals surface area contributed by atoms with Gasteiger partial charge in [0, 0.05) is 37.1 Å². The molecule has 0 radical (unpaired) electrons. The van der Waals surface area contributed by atoms with Crippen molar-refractivity contribution in [2.45, 2.75) is 55.1 Å². The molecule has 0 unspecified atom stereocenters. The Bertz CT molecular complexity index is 1290. The number of hydrogen-bond donors (Lipinski definition) is 0. The Morgan fingerprint density at radius 2 is 1.94 bits per heavy atom. The van der Waals surface area contributed by atoms with Gasteiger partial charge in [0.25, 0.3) is 0 Å². The molecule has 1 fully saturated rings. The molecule has 1 atom stereocenters. The van der Waals surface area contributed by atoms with Gasteiger partial charge in [-0.25, -0.2) is 26.6 Å². The Morgan fingerprint density at radius 1 is 1.18 bits per heavy atom. The first-order chi connectivity index (χ1) is 16.2. The minimum Gasteiger partial charge on any atom is -0.376 e. The first-order valence-electron chi connectivity index (χ1n) is 11.1. The third-order valence-electron chi connectivity index (χ3n) is 5.86. The van der Waals surface area contributed by atoms with E-state index in [4.69, 9.17) is 4.74 Å². The normalized spacial score (nSPS) is 16.7. The molecule has 1 aliphatic rings. The third-order valence-corrected chi connectivity index (χ3v) is 8.93. The molecule has 4 rings (SSSR count). The van der Waals surface area contributed by atoms with Gasteiger partial charge in [0.2, 0.25) is 10.0 Å². The van der Waals surface area contributed by atoms with E-state index >= 15 is 0 Å². The van der Waals surface area contributed by atoms with E-state index < -0.39 is 27.5 Å². The molecule has 3 aromatic rings. The third kappa shape index (κ3) is 4.98. The fourth-order valence-corrected chi connectivity index (χ4v) is 6.56. The summed E-state index contributed by atoms with van der Waals surface area (Å²) in [5.74, 6) is -3.23. The van der Waals surface area contributed by atoms with Gasteiger partial charge >= 0.3 is 0 Å². The molecule has 0 aliphatic carbocycles. The maximum absolute atomic E-state index is 14.2. The van der Waals surface area contributed by atoms with E-state index in [1.54, 1.807) is 26.0 Å². The molecule has 0 amide bonds. The monoisotopic (exact) mass is 513 g/mol. The highest BCUT2D eigenvalue weighted by Crippen LogP contribution is 2.31. The summed E-state index contributed by atoms with van der Waals surface area (Å²) in [5, 5.41) is 0.493. The summed E-state index contributed by atoms with van der Waals surface area (Å²) in [6.07, 6.45) is 1.79.